The van der Waals surface area contributed by atoms with Gasteiger partial charge in [-0.1, -0.05) is 72.3 Å². The van der Waals surface area contributed by atoms with Crippen molar-refractivity contribution in [2.45, 2.75) is 18.0 Å². The number of nitrogens with zero attached hydrogens (tertiary/aromatic N) is 2. The topological polar surface area (TPSA) is 76.0 Å². The zero-order chi connectivity index (χ0) is 27.6. The monoisotopic (exact) mass is 546 g/mol. The number of fused-ring (bicyclic) bond motifs is 5. The van der Waals surface area contributed by atoms with Gasteiger partial charge in [0, 0.05) is 27.6 Å². The molecule has 0 bridgehead atoms. The van der Waals surface area contributed by atoms with Crippen molar-refractivity contribution >= 4 is 35.2 Å². The summed E-state index contributed by atoms with van der Waals surface area (Å²) in [6, 6.07) is 26.8. The molecule has 0 amide bonds. The number of rotatable bonds is 4. The zero-order valence-electron chi connectivity index (χ0n) is 21.5. The van der Waals surface area contributed by atoms with Crippen molar-refractivity contribution < 1.29 is 19.1 Å². The fourth-order valence-corrected chi connectivity index (χ4v) is 6.87. The fourth-order valence-electron chi connectivity index (χ4n) is 6.75. The third-order valence-electron chi connectivity index (χ3n) is 8.45. The Labute approximate surface area is 235 Å². The highest BCUT2D eigenvalue weighted by Gasteiger charge is 2.72. The van der Waals surface area contributed by atoms with Crippen LogP contribution in [0, 0.1) is 5.41 Å². The van der Waals surface area contributed by atoms with Crippen LogP contribution in [0.25, 0.3) is 0 Å². The molecule has 1 aliphatic carbocycles. The molecule has 0 unspecified atom stereocenters. The Bertz CT molecular complexity index is 1690. The molecule has 196 valence electrons. The molecule has 1 spiro atoms. The van der Waals surface area contributed by atoms with Crippen LogP contribution >= 0.6 is 11.6 Å². The highest BCUT2D eigenvalue weighted by atomic mass is 35.5. The standard InChI is InChI=1S/C33H23ClN2O4/c1-40-23-16-12-19(13-17-23)27-28(29(37)20-10-14-22(34)15-11-20)36-30(24-7-3-2-6-21(24)18-35-36)33(27)31(38)25-8-4-5-9-26(25)32(33)39/h2-18,27-28,30H,1H3/t27-,28-,30+/m0/s1. The van der Waals surface area contributed by atoms with Crippen molar-refractivity contribution in [2.24, 2.45) is 10.5 Å². The van der Waals surface area contributed by atoms with Gasteiger partial charge in [0.25, 0.3) is 0 Å². The molecule has 0 aromatic heterocycles. The van der Waals surface area contributed by atoms with E-state index in [-0.39, 0.29) is 17.3 Å². The van der Waals surface area contributed by atoms with Gasteiger partial charge in [0.15, 0.2) is 17.3 Å². The van der Waals surface area contributed by atoms with Crippen molar-refractivity contribution in [1.29, 1.82) is 0 Å². The minimum Gasteiger partial charge on any atom is -0.497 e. The third kappa shape index (κ3) is 3.23. The smallest absolute Gasteiger partial charge is 0.187 e. The van der Waals surface area contributed by atoms with Crippen LogP contribution in [-0.4, -0.2) is 41.7 Å². The van der Waals surface area contributed by atoms with Gasteiger partial charge in [-0.05, 0) is 53.1 Å². The van der Waals surface area contributed by atoms with E-state index in [1.165, 1.54) is 0 Å². The van der Waals surface area contributed by atoms with Crippen molar-refractivity contribution in [1.82, 2.24) is 5.01 Å². The summed E-state index contributed by atoms with van der Waals surface area (Å²) < 4.78 is 5.39. The Balaban J connectivity index is 1.54. The lowest BCUT2D eigenvalue weighted by Gasteiger charge is -2.36. The predicted octanol–water partition coefficient (Wildman–Crippen LogP) is 6.15. The van der Waals surface area contributed by atoms with E-state index in [0.29, 0.717) is 33.0 Å². The molecule has 1 fully saturated rings. The van der Waals surface area contributed by atoms with E-state index in [2.05, 4.69) is 0 Å². The molecule has 0 N–H and O–H groups in total. The molecule has 7 heteroatoms. The lowest BCUT2D eigenvalue weighted by Crippen LogP contribution is -2.43. The number of hydrogen-bond donors (Lipinski definition) is 0. The van der Waals surface area contributed by atoms with Gasteiger partial charge in [0.2, 0.25) is 0 Å². The summed E-state index contributed by atoms with van der Waals surface area (Å²) in [5.74, 6) is -1.02. The van der Waals surface area contributed by atoms with Gasteiger partial charge >= 0.3 is 0 Å². The van der Waals surface area contributed by atoms with Crippen LogP contribution in [0.1, 0.15) is 59.7 Å². The highest BCUT2D eigenvalue weighted by Crippen LogP contribution is 2.64. The van der Waals surface area contributed by atoms with Crippen LogP contribution in [0.4, 0.5) is 0 Å². The average Bonchev–Trinajstić information content (AvgIpc) is 3.43. The van der Waals surface area contributed by atoms with Gasteiger partial charge in [-0.2, -0.15) is 5.10 Å². The molecule has 3 atom stereocenters. The Morgan fingerprint density at radius 2 is 1.48 bits per heavy atom. The van der Waals surface area contributed by atoms with Gasteiger partial charge in [-0.25, -0.2) is 0 Å². The lowest BCUT2D eigenvalue weighted by molar-refractivity contribution is 0.0586. The van der Waals surface area contributed by atoms with Crippen LogP contribution in [0.3, 0.4) is 0 Å². The lowest BCUT2D eigenvalue weighted by atomic mass is 9.63. The highest BCUT2D eigenvalue weighted by molar-refractivity contribution is 6.32. The van der Waals surface area contributed by atoms with Gasteiger partial charge in [0.1, 0.15) is 17.2 Å². The van der Waals surface area contributed by atoms with E-state index in [0.717, 1.165) is 11.1 Å². The molecule has 7 rings (SSSR count). The molecule has 4 aromatic rings. The average molecular weight is 547 g/mol. The number of ether oxygens (including phenoxy) is 1. The van der Waals surface area contributed by atoms with Crippen molar-refractivity contribution in [2.75, 3.05) is 7.11 Å². The summed E-state index contributed by atoms with van der Waals surface area (Å²) in [4.78, 5) is 43.9. The van der Waals surface area contributed by atoms with E-state index in [4.69, 9.17) is 21.4 Å². The minimum atomic E-state index is -1.61. The van der Waals surface area contributed by atoms with Crippen LogP contribution in [0.2, 0.25) is 5.02 Å². The van der Waals surface area contributed by atoms with Crippen molar-refractivity contribution in [3.63, 3.8) is 0 Å². The molecule has 0 radical (unpaired) electrons. The Morgan fingerprint density at radius 3 is 2.12 bits per heavy atom. The first kappa shape index (κ1) is 24.5. The van der Waals surface area contributed by atoms with Crippen LogP contribution in [0.5, 0.6) is 5.75 Å². The van der Waals surface area contributed by atoms with Crippen LogP contribution < -0.4 is 4.74 Å². The first-order valence-corrected chi connectivity index (χ1v) is 13.4. The number of methoxy groups -OCH3 is 1. The number of benzene rings is 4. The summed E-state index contributed by atoms with van der Waals surface area (Å²) in [5, 5.41) is 6.97. The molecule has 3 aliphatic rings. The predicted molar refractivity (Wildman–Crippen MR) is 151 cm³/mol. The third-order valence-corrected chi connectivity index (χ3v) is 8.70. The van der Waals surface area contributed by atoms with Gasteiger partial charge in [0.05, 0.1) is 19.4 Å². The summed E-state index contributed by atoms with van der Waals surface area (Å²) in [7, 11) is 1.57. The number of carbonyl (C=O) groups is 3. The molecule has 6 nitrogen and oxygen atoms in total. The molecule has 4 aromatic carbocycles. The number of Topliss-reactive ketones (excluding diaryl/α,β-unsaturated/α-hetero) is 3. The Morgan fingerprint density at radius 1 is 0.850 bits per heavy atom. The Hall–Kier alpha value is -4.55. The van der Waals surface area contributed by atoms with Gasteiger partial charge < -0.3 is 4.74 Å². The number of hydrogen-bond acceptors (Lipinski definition) is 6. The van der Waals surface area contributed by atoms with Crippen LogP contribution in [-0.2, 0) is 0 Å². The normalized spacial score (nSPS) is 21.8. The molecular weight excluding hydrogens is 524 g/mol. The second kappa shape index (κ2) is 9.00. The van der Waals surface area contributed by atoms with Gasteiger partial charge in [-0.3, -0.25) is 19.4 Å². The Kier molecular flexibility index (Phi) is 5.51. The van der Waals surface area contributed by atoms with Gasteiger partial charge in [-0.15, -0.1) is 0 Å². The molecular formula is C33H23ClN2O4. The molecule has 40 heavy (non-hydrogen) atoms. The van der Waals surface area contributed by atoms with E-state index in [9.17, 15) is 14.4 Å². The second-order valence-corrected chi connectivity index (χ2v) is 10.7. The summed E-state index contributed by atoms with van der Waals surface area (Å²) in [5.41, 5.74) is 1.84. The van der Waals surface area contributed by atoms with E-state index in [1.54, 1.807) is 79.0 Å². The van der Waals surface area contributed by atoms with E-state index >= 15 is 0 Å². The number of carbonyl (C=O) groups excluding carboxylic acids is 3. The first-order valence-electron chi connectivity index (χ1n) is 13.0. The van der Waals surface area contributed by atoms with E-state index in [1.807, 2.05) is 36.4 Å². The summed E-state index contributed by atoms with van der Waals surface area (Å²) >= 11 is 6.14. The number of halogens is 1. The number of hydrazone groups is 1. The maximum Gasteiger partial charge on any atom is 0.187 e. The van der Waals surface area contributed by atoms with Crippen LogP contribution in [0.15, 0.2) is 102 Å². The van der Waals surface area contributed by atoms with Crippen molar-refractivity contribution in [3.05, 3.63) is 135 Å². The number of ketones is 3. The summed E-state index contributed by atoms with van der Waals surface area (Å²) in [6.07, 6.45) is 1.70. The minimum absolute atomic E-state index is 0.243. The quantitative estimate of drug-likeness (QED) is 0.226. The molecule has 2 aliphatic heterocycles. The fraction of sp³-hybridized carbons (Fsp3) is 0.152. The maximum atomic E-state index is 14.7. The first-order chi connectivity index (χ1) is 19.5. The molecule has 1 saturated heterocycles. The summed E-state index contributed by atoms with van der Waals surface area (Å²) in [6.45, 7) is 0. The molecule has 0 saturated carbocycles. The van der Waals surface area contributed by atoms with Crippen molar-refractivity contribution in [3.8, 4) is 5.75 Å². The molecule has 2 heterocycles. The second-order valence-electron chi connectivity index (χ2n) is 10.3. The SMILES string of the molecule is COc1ccc([C@H]2[C@@H](C(=O)c3ccc(Cl)cc3)N3N=Cc4ccccc4[C@@H]3C23C(=O)c2ccccc2C3=O)cc1. The largest absolute Gasteiger partial charge is 0.497 e. The maximum absolute atomic E-state index is 14.7. The zero-order valence-corrected chi connectivity index (χ0v) is 22.2. The van der Waals surface area contributed by atoms with E-state index < -0.39 is 23.4 Å².